The number of halogens is 3. The SMILES string of the molecule is CC1(C)C[C@@H](C[C@@H](C#N)NC(=O)C2C3C(CN2C(=O)C(NC(=O)C(F)(F)F)C2(C)CC2)C3(C)C)C(=O)N1. The Balaban J connectivity index is 1.51. The Bertz CT molecular complexity index is 1060. The van der Waals surface area contributed by atoms with Crippen LogP contribution < -0.4 is 16.0 Å². The zero-order chi connectivity index (χ0) is 27.7. The van der Waals surface area contributed by atoms with Gasteiger partial charge < -0.3 is 20.9 Å². The van der Waals surface area contributed by atoms with Gasteiger partial charge in [-0.2, -0.15) is 18.4 Å². The van der Waals surface area contributed by atoms with Gasteiger partial charge in [0, 0.05) is 18.0 Å². The van der Waals surface area contributed by atoms with Gasteiger partial charge in [-0.1, -0.05) is 20.8 Å². The van der Waals surface area contributed by atoms with Gasteiger partial charge in [0.1, 0.15) is 18.1 Å². The summed E-state index contributed by atoms with van der Waals surface area (Å²) in [5.74, 6) is -4.38. The smallest absolute Gasteiger partial charge is 0.351 e. The molecule has 6 atom stereocenters. The Hall–Kier alpha value is -2.84. The van der Waals surface area contributed by atoms with Crippen LogP contribution in [-0.2, 0) is 19.2 Å². The van der Waals surface area contributed by atoms with Crippen LogP contribution in [0.2, 0.25) is 0 Å². The van der Waals surface area contributed by atoms with E-state index in [-0.39, 0.29) is 36.1 Å². The lowest BCUT2D eigenvalue weighted by atomic mass is 9.91. The van der Waals surface area contributed by atoms with E-state index in [1.54, 1.807) is 6.92 Å². The molecule has 204 valence electrons. The standard InChI is InChI=1S/C25H34F3N5O4/c1-22(2)9-12(18(34)32-22)8-13(10-29)30-19(35)16-15-14(23(15,3)4)11-33(16)20(36)17(24(5)6-7-24)31-21(37)25(26,27)28/h12-17H,6-9,11H2,1-5H3,(H,30,35)(H,31,37)(H,32,34)/t12-,13+,14?,15?,16?,17?/m1/s1. The minimum atomic E-state index is -5.14. The molecule has 3 N–H and O–H groups in total. The fourth-order valence-corrected chi connectivity index (χ4v) is 6.28. The van der Waals surface area contributed by atoms with E-state index in [0.717, 1.165) is 0 Å². The monoisotopic (exact) mass is 525 g/mol. The van der Waals surface area contributed by atoms with Gasteiger partial charge >= 0.3 is 12.1 Å². The first-order valence-electron chi connectivity index (χ1n) is 12.6. The van der Waals surface area contributed by atoms with Crippen LogP contribution in [0.25, 0.3) is 0 Å². The molecule has 2 saturated heterocycles. The molecule has 0 aromatic heterocycles. The maximum atomic E-state index is 13.6. The van der Waals surface area contributed by atoms with Crippen LogP contribution in [0.15, 0.2) is 0 Å². The van der Waals surface area contributed by atoms with Crippen molar-refractivity contribution in [3.05, 3.63) is 0 Å². The van der Waals surface area contributed by atoms with Gasteiger partial charge in [0.05, 0.1) is 6.07 Å². The van der Waals surface area contributed by atoms with Crippen molar-refractivity contribution in [1.82, 2.24) is 20.9 Å². The molecular formula is C25H34F3N5O4. The van der Waals surface area contributed by atoms with Gasteiger partial charge in [-0.3, -0.25) is 19.2 Å². The van der Waals surface area contributed by atoms with Crippen molar-refractivity contribution in [2.24, 2.45) is 28.6 Å². The molecule has 0 spiro atoms. The molecule has 4 rings (SSSR count). The highest BCUT2D eigenvalue weighted by atomic mass is 19.4. The normalized spacial score (nSPS) is 31.9. The number of amides is 4. The topological polar surface area (TPSA) is 131 Å². The van der Waals surface area contributed by atoms with Gasteiger partial charge in [0.2, 0.25) is 17.7 Å². The van der Waals surface area contributed by atoms with Crippen molar-refractivity contribution in [2.45, 2.75) is 90.1 Å². The average molecular weight is 526 g/mol. The fourth-order valence-electron chi connectivity index (χ4n) is 6.28. The predicted octanol–water partition coefficient (Wildman–Crippen LogP) is 1.63. The zero-order valence-electron chi connectivity index (χ0n) is 21.7. The molecule has 2 saturated carbocycles. The third kappa shape index (κ3) is 5.01. The Morgan fingerprint density at radius 3 is 2.27 bits per heavy atom. The Labute approximate surface area is 213 Å². The van der Waals surface area contributed by atoms with E-state index in [4.69, 9.17) is 0 Å². The lowest BCUT2D eigenvalue weighted by molar-refractivity contribution is -0.176. The Morgan fingerprint density at radius 1 is 1.16 bits per heavy atom. The number of rotatable bonds is 7. The number of nitrogens with zero attached hydrogens (tertiary/aromatic N) is 2. The largest absolute Gasteiger partial charge is 0.471 e. The van der Waals surface area contributed by atoms with Gasteiger partial charge in [-0.05, 0) is 62.2 Å². The highest BCUT2D eigenvalue weighted by Crippen LogP contribution is 2.65. The number of carbonyl (C=O) groups is 4. The summed E-state index contributed by atoms with van der Waals surface area (Å²) in [7, 11) is 0. The third-order valence-electron chi connectivity index (χ3n) is 8.86. The summed E-state index contributed by atoms with van der Waals surface area (Å²) < 4.78 is 39.0. The Kier molecular flexibility index (Phi) is 6.32. The number of nitriles is 1. The first-order chi connectivity index (χ1) is 16.9. The molecule has 0 radical (unpaired) electrons. The van der Waals surface area contributed by atoms with E-state index in [1.807, 2.05) is 39.1 Å². The van der Waals surface area contributed by atoms with Crippen molar-refractivity contribution in [1.29, 1.82) is 5.26 Å². The van der Waals surface area contributed by atoms with Gasteiger partial charge in [0.25, 0.3) is 0 Å². The minimum absolute atomic E-state index is 0.0277. The first-order valence-corrected chi connectivity index (χ1v) is 12.6. The van der Waals surface area contributed by atoms with Gasteiger partial charge in [-0.25, -0.2) is 0 Å². The van der Waals surface area contributed by atoms with Crippen LogP contribution in [0, 0.1) is 39.9 Å². The van der Waals surface area contributed by atoms with Crippen LogP contribution in [-0.4, -0.2) is 64.9 Å². The average Bonchev–Trinajstić information content (AvgIpc) is 3.49. The maximum absolute atomic E-state index is 13.6. The fraction of sp³-hybridized carbons (Fsp3) is 0.800. The van der Waals surface area contributed by atoms with Crippen molar-refractivity contribution in [2.75, 3.05) is 6.54 Å². The highest BCUT2D eigenvalue weighted by molar-refractivity contribution is 5.95. The molecule has 4 unspecified atom stereocenters. The molecule has 0 bridgehead atoms. The molecule has 2 aliphatic carbocycles. The van der Waals surface area contributed by atoms with Crippen LogP contribution in [0.5, 0.6) is 0 Å². The summed E-state index contributed by atoms with van der Waals surface area (Å²) in [4.78, 5) is 52.4. The molecule has 0 aromatic carbocycles. The summed E-state index contributed by atoms with van der Waals surface area (Å²) in [5, 5.41) is 17.1. The third-order valence-corrected chi connectivity index (χ3v) is 8.86. The van der Waals surface area contributed by atoms with Crippen LogP contribution in [0.1, 0.15) is 60.3 Å². The molecule has 37 heavy (non-hydrogen) atoms. The number of hydrogen-bond donors (Lipinski definition) is 3. The number of nitrogens with one attached hydrogen (secondary N) is 3. The predicted molar refractivity (Wildman–Crippen MR) is 124 cm³/mol. The summed E-state index contributed by atoms with van der Waals surface area (Å²) in [6, 6.07) is -1.34. The molecule has 4 amide bonds. The van der Waals surface area contributed by atoms with E-state index in [0.29, 0.717) is 19.3 Å². The molecule has 12 heteroatoms. The Morgan fingerprint density at radius 2 is 1.78 bits per heavy atom. The van der Waals surface area contributed by atoms with Gasteiger partial charge in [0.15, 0.2) is 0 Å². The zero-order valence-corrected chi connectivity index (χ0v) is 21.7. The molecule has 4 aliphatic rings. The second-order valence-corrected chi connectivity index (χ2v) is 12.6. The second-order valence-electron chi connectivity index (χ2n) is 12.6. The maximum Gasteiger partial charge on any atom is 0.471 e. The van der Waals surface area contributed by atoms with Gasteiger partial charge in [-0.15, -0.1) is 0 Å². The number of fused-ring (bicyclic) bond motifs is 1. The molecule has 2 aliphatic heterocycles. The van der Waals surface area contributed by atoms with E-state index >= 15 is 0 Å². The summed E-state index contributed by atoms with van der Waals surface area (Å²) >= 11 is 0. The van der Waals surface area contributed by atoms with Crippen molar-refractivity contribution in [3.63, 3.8) is 0 Å². The quantitative estimate of drug-likeness (QED) is 0.465. The molecule has 2 heterocycles. The first kappa shape index (κ1) is 27.2. The number of likely N-dealkylation sites (tertiary alicyclic amines) is 1. The van der Waals surface area contributed by atoms with E-state index < -0.39 is 58.9 Å². The summed E-state index contributed by atoms with van der Waals surface area (Å²) in [5.41, 5.74) is -1.50. The van der Waals surface area contributed by atoms with Crippen molar-refractivity contribution in [3.8, 4) is 6.07 Å². The molecular weight excluding hydrogens is 491 g/mol. The lowest BCUT2D eigenvalue weighted by Gasteiger charge is -2.35. The summed E-state index contributed by atoms with van der Waals surface area (Å²) in [6.45, 7) is 9.49. The molecule has 0 aromatic rings. The lowest BCUT2D eigenvalue weighted by Crippen LogP contribution is -2.59. The molecule has 9 nitrogen and oxygen atoms in total. The number of carbonyl (C=O) groups excluding carboxylic acids is 4. The highest BCUT2D eigenvalue weighted by Gasteiger charge is 2.70. The summed E-state index contributed by atoms with van der Waals surface area (Å²) in [6.07, 6.45) is -3.58. The van der Waals surface area contributed by atoms with E-state index in [2.05, 4.69) is 10.6 Å². The minimum Gasteiger partial charge on any atom is -0.351 e. The number of hydrogen-bond acceptors (Lipinski definition) is 5. The van der Waals surface area contributed by atoms with Crippen LogP contribution in [0.4, 0.5) is 13.2 Å². The van der Waals surface area contributed by atoms with E-state index in [9.17, 15) is 37.6 Å². The molecule has 4 fully saturated rings. The van der Waals surface area contributed by atoms with Crippen molar-refractivity contribution < 1.29 is 32.3 Å². The number of alkyl halides is 3. The number of piperidine rings is 1. The van der Waals surface area contributed by atoms with Crippen LogP contribution in [0.3, 0.4) is 0 Å². The van der Waals surface area contributed by atoms with Crippen molar-refractivity contribution >= 4 is 23.6 Å². The van der Waals surface area contributed by atoms with Crippen LogP contribution >= 0.6 is 0 Å². The van der Waals surface area contributed by atoms with E-state index in [1.165, 1.54) is 4.90 Å². The second kappa shape index (κ2) is 8.60.